The van der Waals surface area contributed by atoms with E-state index >= 15 is 0 Å². The first-order valence-electron chi connectivity index (χ1n) is 7.35. The Hall–Kier alpha value is -2.01. The van der Waals surface area contributed by atoms with E-state index in [0.29, 0.717) is 5.92 Å². The van der Waals surface area contributed by atoms with Crippen molar-refractivity contribution in [3.8, 4) is 0 Å². The van der Waals surface area contributed by atoms with E-state index in [-0.39, 0.29) is 12.1 Å². The average Bonchev–Trinajstić information content (AvgIpc) is 2.96. The first kappa shape index (κ1) is 13.9. The molecule has 3 heterocycles. The summed E-state index contributed by atoms with van der Waals surface area (Å²) in [7, 11) is 0. The molecule has 0 saturated carbocycles. The lowest BCUT2D eigenvalue weighted by Gasteiger charge is -2.20. The molecule has 1 N–H and O–H groups in total. The van der Waals surface area contributed by atoms with Crippen molar-refractivity contribution in [3.05, 3.63) is 48.2 Å². The van der Waals surface area contributed by atoms with Gasteiger partial charge in [-0.15, -0.1) is 0 Å². The molecule has 2 aromatic rings. The van der Waals surface area contributed by atoms with Crippen LogP contribution in [0.5, 0.6) is 0 Å². The number of hydrogen-bond acceptors (Lipinski definition) is 5. The molecule has 0 amide bonds. The molecule has 0 aliphatic carbocycles. The summed E-state index contributed by atoms with van der Waals surface area (Å²) >= 11 is 0. The highest BCUT2D eigenvalue weighted by atomic mass is 16.5. The minimum absolute atomic E-state index is 0.0242. The summed E-state index contributed by atoms with van der Waals surface area (Å²) in [5.74, 6) is 2.04. The van der Waals surface area contributed by atoms with Crippen molar-refractivity contribution in [1.29, 1.82) is 0 Å². The summed E-state index contributed by atoms with van der Waals surface area (Å²) in [4.78, 5) is 13.0. The van der Waals surface area contributed by atoms with Crippen molar-refractivity contribution in [2.45, 2.75) is 38.3 Å². The molecule has 1 aliphatic rings. The van der Waals surface area contributed by atoms with Crippen LogP contribution in [-0.2, 0) is 4.74 Å². The summed E-state index contributed by atoms with van der Waals surface area (Å²) in [6.45, 7) is 4.94. The Morgan fingerprint density at radius 3 is 2.95 bits per heavy atom. The molecule has 3 rings (SSSR count). The molecule has 2 atom stereocenters. The number of aromatic nitrogens is 3. The smallest absolute Gasteiger partial charge is 0.133 e. The highest BCUT2D eigenvalue weighted by molar-refractivity contribution is 5.36. The van der Waals surface area contributed by atoms with Crippen molar-refractivity contribution in [2.75, 3.05) is 11.9 Å². The van der Waals surface area contributed by atoms with E-state index in [2.05, 4.69) is 40.2 Å². The van der Waals surface area contributed by atoms with E-state index in [1.807, 2.05) is 18.3 Å². The zero-order chi connectivity index (χ0) is 14.7. The van der Waals surface area contributed by atoms with Gasteiger partial charge < -0.3 is 10.1 Å². The van der Waals surface area contributed by atoms with Gasteiger partial charge in [0.1, 0.15) is 17.7 Å². The minimum Gasteiger partial charge on any atom is -0.371 e. The fourth-order valence-electron chi connectivity index (χ4n) is 2.53. The fourth-order valence-corrected chi connectivity index (χ4v) is 2.53. The molecule has 21 heavy (non-hydrogen) atoms. The summed E-state index contributed by atoms with van der Waals surface area (Å²) < 4.78 is 5.86. The Balaban J connectivity index is 1.76. The van der Waals surface area contributed by atoms with E-state index in [1.165, 1.54) is 0 Å². The maximum atomic E-state index is 5.86. The van der Waals surface area contributed by atoms with Crippen LogP contribution in [0.1, 0.15) is 43.7 Å². The van der Waals surface area contributed by atoms with Crippen LogP contribution in [0, 0.1) is 0 Å². The number of nitrogens with zero attached hydrogens (tertiary/aromatic N) is 3. The van der Waals surface area contributed by atoms with E-state index in [9.17, 15) is 0 Å². The number of pyridine rings is 1. The standard InChI is InChI=1S/C16H20N4O/c1-11(2)16-18-8-5-14(20-16)19-13-6-9-21-15(13)12-4-3-7-17-10-12/h3-5,7-8,10-11,13,15H,6,9H2,1-2H3,(H,18,19,20)/t13-,15+/m0/s1. The van der Waals surface area contributed by atoms with E-state index in [0.717, 1.165) is 30.2 Å². The van der Waals surface area contributed by atoms with Crippen molar-refractivity contribution < 1.29 is 4.74 Å². The van der Waals surface area contributed by atoms with Crippen molar-refractivity contribution in [2.24, 2.45) is 0 Å². The topological polar surface area (TPSA) is 59.9 Å². The maximum absolute atomic E-state index is 5.86. The van der Waals surface area contributed by atoms with E-state index < -0.39 is 0 Å². The molecule has 0 radical (unpaired) electrons. The lowest BCUT2D eigenvalue weighted by molar-refractivity contribution is 0.107. The third-order valence-corrected chi connectivity index (χ3v) is 3.63. The molecule has 110 valence electrons. The number of hydrogen-bond donors (Lipinski definition) is 1. The second-order valence-electron chi connectivity index (χ2n) is 5.57. The van der Waals surface area contributed by atoms with Crippen LogP contribution in [0.3, 0.4) is 0 Å². The average molecular weight is 284 g/mol. The van der Waals surface area contributed by atoms with Gasteiger partial charge in [-0.2, -0.15) is 0 Å². The van der Waals surface area contributed by atoms with Crippen LogP contribution < -0.4 is 5.32 Å². The van der Waals surface area contributed by atoms with Crippen LogP contribution in [0.15, 0.2) is 36.8 Å². The molecule has 5 heteroatoms. The number of ether oxygens (including phenoxy) is 1. The minimum atomic E-state index is 0.0242. The van der Waals surface area contributed by atoms with Crippen LogP contribution in [0.2, 0.25) is 0 Å². The predicted octanol–water partition coefficient (Wildman–Crippen LogP) is 2.94. The Morgan fingerprint density at radius 1 is 1.29 bits per heavy atom. The largest absolute Gasteiger partial charge is 0.371 e. The molecule has 0 aromatic carbocycles. The third-order valence-electron chi connectivity index (χ3n) is 3.63. The molecule has 0 bridgehead atoms. The van der Waals surface area contributed by atoms with Crippen molar-refractivity contribution >= 4 is 5.82 Å². The van der Waals surface area contributed by atoms with Crippen LogP contribution >= 0.6 is 0 Å². The van der Waals surface area contributed by atoms with Crippen LogP contribution in [0.25, 0.3) is 0 Å². The van der Waals surface area contributed by atoms with Crippen molar-refractivity contribution in [1.82, 2.24) is 15.0 Å². The Morgan fingerprint density at radius 2 is 2.19 bits per heavy atom. The highest BCUT2D eigenvalue weighted by Crippen LogP contribution is 2.30. The van der Waals surface area contributed by atoms with Crippen LogP contribution in [0.4, 0.5) is 5.82 Å². The lowest BCUT2D eigenvalue weighted by atomic mass is 10.0. The van der Waals surface area contributed by atoms with Gasteiger partial charge >= 0.3 is 0 Å². The normalized spacial score (nSPS) is 21.7. The fraction of sp³-hybridized carbons (Fsp3) is 0.438. The second kappa shape index (κ2) is 6.18. The molecular weight excluding hydrogens is 264 g/mol. The zero-order valence-corrected chi connectivity index (χ0v) is 12.4. The van der Waals surface area contributed by atoms with Crippen molar-refractivity contribution in [3.63, 3.8) is 0 Å². The van der Waals surface area contributed by atoms with E-state index in [4.69, 9.17) is 4.74 Å². The molecule has 0 unspecified atom stereocenters. The molecule has 2 aromatic heterocycles. The quantitative estimate of drug-likeness (QED) is 0.935. The van der Waals surface area contributed by atoms with Gasteiger partial charge in [-0.3, -0.25) is 4.98 Å². The third kappa shape index (κ3) is 3.19. The predicted molar refractivity (Wildman–Crippen MR) is 81.1 cm³/mol. The van der Waals surface area contributed by atoms with Gasteiger partial charge in [0.25, 0.3) is 0 Å². The van der Waals surface area contributed by atoms with E-state index in [1.54, 1.807) is 12.4 Å². The highest BCUT2D eigenvalue weighted by Gasteiger charge is 2.30. The molecule has 5 nitrogen and oxygen atoms in total. The Bertz CT molecular complexity index is 588. The molecular formula is C16H20N4O. The van der Waals surface area contributed by atoms with Gasteiger partial charge in [0.05, 0.1) is 6.04 Å². The van der Waals surface area contributed by atoms with Crippen LogP contribution in [-0.4, -0.2) is 27.6 Å². The van der Waals surface area contributed by atoms with Gasteiger partial charge in [-0.25, -0.2) is 9.97 Å². The Kier molecular flexibility index (Phi) is 4.10. The first-order valence-corrected chi connectivity index (χ1v) is 7.35. The SMILES string of the molecule is CC(C)c1nccc(N[C@H]2CCO[C@@H]2c2cccnc2)n1. The number of anilines is 1. The van der Waals surface area contributed by atoms with Gasteiger partial charge in [0.2, 0.25) is 0 Å². The number of nitrogens with one attached hydrogen (secondary N) is 1. The number of rotatable bonds is 4. The summed E-state index contributed by atoms with van der Waals surface area (Å²) in [5, 5.41) is 3.48. The lowest BCUT2D eigenvalue weighted by Crippen LogP contribution is -2.24. The Labute approximate surface area is 124 Å². The van der Waals surface area contributed by atoms with Gasteiger partial charge in [-0.1, -0.05) is 19.9 Å². The first-order chi connectivity index (χ1) is 10.2. The molecule has 1 fully saturated rings. The van der Waals surface area contributed by atoms with Gasteiger partial charge in [0.15, 0.2) is 0 Å². The van der Waals surface area contributed by atoms with Gasteiger partial charge in [-0.05, 0) is 18.6 Å². The monoisotopic (exact) mass is 284 g/mol. The summed E-state index contributed by atoms with van der Waals surface area (Å²) in [5.41, 5.74) is 1.10. The zero-order valence-electron chi connectivity index (χ0n) is 12.4. The summed E-state index contributed by atoms with van der Waals surface area (Å²) in [6, 6.07) is 6.11. The maximum Gasteiger partial charge on any atom is 0.133 e. The van der Waals surface area contributed by atoms with Gasteiger partial charge in [0, 0.05) is 36.7 Å². The summed E-state index contributed by atoms with van der Waals surface area (Å²) in [6.07, 6.45) is 6.43. The molecule has 1 saturated heterocycles. The molecule has 0 spiro atoms. The molecule has 1 aliphatic heterocycles. The second-order valence-corrected chi connectivity index (χ2v) is 5.57.